The van der Waals surface area contributed by atoms with Gasteiger partial charge in [-0.2, -0.15) is 11.8 Å². The number of aliphatic hydroxyl groups is 3. The summed E-state index contributed by atoms with van der Waals surface area (Å²) in [6, 6.07) is 0. The monoisotopic (exact) mass is 323 g/mol. The van der Waals surface area contributed by atoms with Crippen LogP contribution in [0.1, 0.15) is 40.0 Å². The Morgan fingerprint density at radius 2 is 1.71 bits per heavy atom. The second-order valence-corrected chi connectivity index (χ2v) is 7.19. The van der Waals surface area contributed by atoms with Crippen LogP contribution in [0.5, 0.6) is 0 Å². The second kappa shape index (κ2) is 11.7. The van der Waals surface area contributed by atoms with Gasteiger partial charge in [-0.25, -0.2) is 0 Å². The molecule has 21 heavy (non-hydrogen) atoms. The average molecular weight is 323 g/mol. The van der Waals surface area contributed by atoms with E-state index in [0.717, 1.165) is 18.6 Å². The van der Waals surface area contributed by atoms with Gasteiger partial charge in [-0.3, -0.25) is 5.32 Å². The molecule has 6 heteroatoms. The maximum atomic E-state index is 9.43. The number of methoxy groups -OCH3 is 1. The van der Waals surface area contributed by atoms with Gasteiger partial charge in [-0.15, -0.1) is 0 Å². The minimum Gasteiger partial charge on any atom is -0.394 e. The number of rotatable bonds is 13. The quantitative estimate of drug-likeness (QED) is 0.382. The van der Waals surface area contributed by atoms with Crippen LogP contribution >= 0.6 is 11.8 Å². The zero-order valence-corrected chi connectivity index (χ0v) is 14.7. The zero-order valence-electron chi connectivity index (χ0n) is 13.8. The normalized spacial score (nSPS) is 16.7. The standard InChI is InChI=1S/C15H33NO4S/c1-5-7-21-12(3)8-13(6-2)14(20-4)16-15(9-17,10-18)11-19/h12-14,16-19H,5-11H2,1-4H3. The van der Waals surface area contributed by atoms with Crippen LogP contribution in [0.4, 0.5) is 0 Å². The van der Waals surface area contributed by atoms with Crippen molar-refractivity contribution in [3.8, 4) is 0 Å². The molecule has 0 aliphatic heterocycles. The molecule has 0 saturated heterocycles. The third kappa shape index (κ3) is 7.30. The lowest BCUT2D eigenvalue weighted by molar-refractivity contribution is -0.0472. The summed E-state index contributed by atoms with van der Waals surface area (Å²) < 4.78 is 5.52. The van der Waals surface area contributed by atoms with E-state index in [0.29, 0.717) is 5.25 Å². The molecule has 0 amide bonds. The average Bonchev–Trinajstić information content (AvgIpc) is 2.53. The summed E-state index contributed by atoms with van der Waals surface area (Å²) in [7, 11) is 1.61. The van der Waals surface area contributed by atoms with Crippen LogP contribution in [-0.2, 0) is 4.74 Å². The third-order valence-corrected chi connectivity index (χ3v) is 5.21. The van der Waals surface area contributed by atoms with Crippen LogP contribution in [0, 0.1) is 5.92 Å². The van der Waals surface area contributed by atoms with Crippen molar-refractivity contribution in [1.82, 2.24) is 5.32 Å². The van der Waals surface area contributed by atoms with Gasteiger partial charge in [0.05, 0.1) is 25.4 Å². The molecule has 0 saturated carbocycles. The predicted octanol–water partition coefficient (Wildman–Crippen LogP) is 1.21. The predicted molar refractivity (Wildman–Crippen MR) is 88.5 cm³/mol. The molecule has 3 atom stereocenters. The molecule has 5 nitrogen and oxygen atoms in total. The lowest BCUT2D eigenvalue weighted by atomic mass is 9.95. The molecule has 4 N–H and O–H groups in total. The number of nitrogens with one attached hydrogen (secondary N) is 1. The number of aliphatic hydroxyl groups excluding tert-OH is 3. The van der Waals surface area contributed by atoms with E-state index in [1.807, 2.05) is 11.8 Å². The molecule has 0 aromatic rings. The van der Waals surface area contributed by atoms with Gasteiger partial charge in [-0.05, 0) is 30.9 Å². The minimum absolute atomic E-state index is 0.262. The Labute approximate surface area is 133 Å². The van der Waals surface area contributed by atoms with Gasteiger partial charge in [0, 0.05) is 12.4 Å². The van der Waals surface area contributed by atoms with Crippen molar-refractivity contribution >= 4 is 11.8 Å². The van der Waals surface area contributed by atoms with Gasteiger partial charge < -0.3 is 20.1 Å². The Morgan fingerprint density at radius 3 is 2.10 bits per heavy atom. The molecule has 0 aliphatic rings. The number of hydrogen-bond acceptors (Lipinski definition) is 6. The van der Waals surface area contributed by atoms with Crippen LogP contribution in [0.15, 0.2) is 0 Å². The minimum atomic E-state index is -1.10. The summed E-state index contributed by atoms with van der Waals surface area (Å²) in [6.45, 7) is 5.49. The molecule has 128 valence electrons. The van der Waals surface area contributed by atoms with Gasteiger partial charge in [0.15, 0.2) is 0 Å². The highest BCUT2D eigenvalue weighted by Gasteiger charge is 2.34. The van der Waals surface area contributed by atoms with Gasteiger partial charge >= 0.3 is 0 Å². The van der Waals surface area contributed by atoms with E-state index in [-0.39, 0.29) is 32.0 Å². The smallest absolute Gasteiger partial charge is 0.111 e. The Kier molecular flexibility index (Phi) is 11.8. The number of thioether (sulfide) groups is 1. The van der Waals surface area contributed by atoms with E-state index < -0.39 is 5.54 Å². The molecule has 0 aromatic carbocycles. The summed E-state index contributed by atoms with van der Waals surface area (Å²) in [6.07, 6.45) is 2.79. The maximum absolute atomic E-state index is 9.43. The zero-order chi connectivity index (χ0) is 16.3. The summed E-state index contributed by atoms with van der Waals surface area (Å²) >= 11 is 1.95. The Bertz CT molecular complexity index is 244. The molecule has 0 radical (unpaired) electrons. The van der Waals surface area contributed by atoms with Gasteiger partial charge in [0.2, 0.25) is 0 Å². The van der Waals surface area contributed by atoms with Crippen molar-refractivity contribution in [1.29, 1.82) is 0 Å². The van der Waals surface area contributed by atoms with Crippen molar-refractivity contribution in [3.63, 3.8) is 0 Å². The molecule has 0 heterocycles. The van der Waals surface area contributed by atoms with Crippen LogP contribution in [0.2, 0.25) is 0 Å². The molecule has 3 unspecified atom stereocenters. The van der Waals surface area contributed by atoms with Gasteiger partial charge in [0.1, 0.15) is 6.23 Å². The second-order valence-electron chi connectivity index (χ2n) is 5.64. The Balaban J connectivity index is 4.70. The highest BCUT2D eigenvalue weighted by molar-refractivity contribution is 7.99. The largest absolute Gasteiger partial charge is 0.394 e. The van der Waals surface area contributed by atoms with Crippen LogP contribution in [0.3, 0.4) is 0 Å². The Hall–Kier alpha value is 0.150. The van der Waals surface area contributed by atoms with E-state index in [2.05, 4.69) is 26.1 Å². The van der Waals surface area contributed by atoms with E-state index in [9.17, 15) is 15.3 Å². The number of ether oxygens (including phenoxy) is 1. The lowest BCUT2D eigenvalue weighted by Gasteiger charge is -2.37. The first-order valence-electron chi connectivity index (χ1n) is 7.77. The lowest BCUT2D eigenvalue weighted by Crippen LogP contribution is -2.60. The fourth-order valence-electron chi connectivity index (χ4n) is 2.28. The fourth-order valence-corrected chi connectivity index (χ4v) is 3.30. The molecule has 0 bridgehead atoms. The first-order chi connectivity index (χ1) is 10.0. The van der Waals surface area contributed by atoms with Crippen LogP contribution < -0.4 is 5.32 Å². The summed E-state index contributed by atoms with van der Waals surface area (Å²) in [5.41, 5.74) is -1.10. The first kappa shape index (κ1) is 21.1. The molecule has 0 aromatic heterocycles. The van der Waals surface area contributed by atoms with E-state index in [4.69, 9.17) is 4.74 Å². The molecule has 0 spiro atoms. The van der Waals surface area contributed by atoms with E-state index in [1.54, 1.807) is 7.11 Å². The van der Waals surface area contributed by atoms with Crippen molar-refractivity contribution in [3.05, 3.63) is 0 Å². The molecule has 0 fully saturated rings. The summed E-state index contributed by atoms with van der Waals surface area (Å²) in [4.78, 5) is 0. The topological polar surface area (TPSA) is 82.0 Å². The highest BCUT2D eigenvalue weighted by Crippen LogP contribution is 2.25. The number of hydrogen-bond donors (Lipinski definition) is 4. The molecule has 0 aliphatic carbocycles. The van der Waals surface area contributed by atoms with Crippen molar-refractivity contribution in [2.24, 2.45) is 5.92 Å². The van der Waals surface area contributed by atoms with E-state index in [1.165, 1.54) is 6.42 Å². The van der Waals surface area contributed by atoms with Crippen molar-refractivity contribution < 1.29 is 20.1 Å². The van der Waals surface area contributed by atoms with Crippen molar-refractivity contribution in [2.75, 3.05) is 32.7 Å². The summed E-state index contributed by atoms with van der Waals surface area (Å²) in [5, 5.41) is 31.9. The van der Waals surface area contributed by atoms with Gasteiger partial charge in [0.25, 0.3) is 0 Å². The maximum Gasteiger partial charge on any atom is 0.111 e. The summed E-state index contributed by atoms with van der Waals surface area (Å²) in [5.74, 6) is 1.41. The van der Waals surface area contributed by atoms with E-state index >= 15 is 0 Å². The van der Waals surface area contributed by atoms with Crippen LogP contribution in [-0.4, -0.2) is 65.0 Å². The molecule has 0 rings (SSSR count). The fraction of sp³-hybridized carbons (Fsp3) is 1.00. The SMILES string of the molecule is CCCSC(C)CC(CC)C(NC(CO)(CO)CO)OC. The van der Waals surface area contributed by atoms with Crippen molar-refractivity contribution in [2.45, 2.75) is 57.1 Å². The first-order valence-corrected chi connectivity index (χ1v) is 8.81. The highest BCUT2D eigenvalue weighted by atomic mass is 32.2. The molecular weight excluding hydrogens is 290 g/mol. The van der Waals surface area contributed by atoms with Gasteiger partial charge in [-0.1, -0.05) is 20.8 Å². The molecular formula is C15H33NO4S. The van der Waals surface area contributed by atoms with Crippen LogP contribution in [0.25, 0.3) is 0 Å². The third-order valence-electron chi connectivity index (χ3n) is 3.80. The Morgan fingerprint density at radius 1 is 1.14 bits per heavy atom.